The fourth-order valence-electron chi connectivity index (χ4n) is 2.03. The minimum absolute atomic E-state index is 0.420. The van der Waals surface area contributed by atoms with Gasteiger partial charge in [-0.15, -0.1) is 23.1 Å². The lowest BCUT2D eigenvalue weighted by atomic mass is 10.1. The zero-order valence-corrected chi connectivity index (χ0v) is 14.1. The first-order valence-corrected chi connectivity index (χ1v) is 9.00. The van der Waals surface area contributed by atoms with Gasteiger partial charge in [0.2, 0.25) is 5.91 Å². The van der Waals surface area contributed by atoms with E-state index in [9.17, 15) is 4.79 Å². The van der Waals surface area contributed by atoms with Crippen LogP contribution in [0.15, 0.2) is 40.2 Å². The summed E-state index contributed by atoms with van der Waals surface area (Å²) < 4.78 is 5.05. The third kappa shape index (κ3) is 4.00. The van der Waals surface area contributed by atoms with Crippen molar-refractivity contribution in [2.24, 2.45) is 5.73 Å². The van der Waals surface area contributed by atoms with Crippen molar-refractivity contribution >= 4 is 29.0 Å². The van der Waals surface area contributed by atoms with E-state index in [1.54, 1.807) is 35.2 Å². The predicted octanol–water partition coefficient (Wildman–Crippen LogP) is 3.64. The molecule has 0 aliphatic carbocycles. The summed E-state index contributed by atoms with van der Waals surface area (Å²) >= 11 is 3.34. The Hall–Kier alpha value is -2.12. The average molecular weight is 345 g/mol. The largest absolute Gasteiger partial charge is 0.366 e. The van der Waals surface area contributed by atoms with Crippen molar-refractivity contribution in [2.45, 2.75) is 18.4 Å². The molecule has 7 heteroatoms. The SMILES string of the molecule is Cc1cc(CSCc2csc(-c3ccc(C(N)=O)cc3)n2)no1. The zero-order valence-electron chi connectivity index (χ0n) is 12.5. The Morgan fingerprint density at radius 2 is 2.00 bits per heavy atom. The molecule has 0 aliphatic rings. The normalized spacial score (nSPS) is 10.8. The summed E-state index contributed by atoms with van der Waals surface area (Å²) in [6.07, 6.45) is 0. The molecule has 1 amide bonds. The van der Waals surface area contributed by atoms with Crippen molar-refractivity contribution in [3.8, 4) is 10.6 Å². The monoisotopic (exact) mass is 345 g/mol. The van der Waals surface area contributed by atoms with Crippen LogP contribution < -0.4 is 5.73 Å². The molecular formula is C16H15N3O2S2. The van der Waals surface area contributed by atoms with Gasteiger partial charge >= 0.3 is 0 Å². The van der Waals surface area contributed by atoms with Crippen LogP contribution in [0.25, 0.3) is 10.6 Å². The van der Waals surface area contributed by atoms with Gasteiger partial charge in [0.05, 0.1) is 11.4 Å². The number of benzene rings is 1. The second-order valence-corrected chi connectivity index (χ2v) is 6.85. The highest BCUT2D eigenvalue weighted by molar-refractivity contribution is 7.97. The standard InChI is InChI=1S/C16H15N3O2S2/c1-10-6-13(19-21-10)7-22-8-14-9-23-16(18-14)12-4-2-11(3-5-12)15(17)20/h2-6,9H,7-8H2,1H3,(H2,17,20). The third-order valence-electron chi connectivity index (χ3n) is 3.14. The van der Waals surface area contributed by atoms with Gasteiger partial charge in [-0.25, -0.2) is 4.98 Å². The highest BCUT2D eigenvalue weighted by Gasteiger charge is 2.07. The molecule has 0 saturated heterocycles. The Labute approximate surface area is 141 Å². The molecule has 2 aromatic heterocycles. The van der Waals surface area contributed by atoms with Crippen LogP contribution in [0.2, 0.25) is 0 Å². The molecule has 1 aromatic carbocycles. The Morgan fingerprint density at radius 1 is 1.26 bits per heavy atom. The number of thioether (sulfide) groups is 1. The van der Waals surface area contributed by atoms with E-state index in [1.807, 2.05) is 25.1 Å². The maximum absolute atomic E-state index is 11.1. The molecule has 0 saturated carbocycles. The summed E-state index contributed by atoms with van der Waals surface area (Å²) in [5, 5.41) is 6.96. The molecule has 0 unspecified atom stereocenters. The molecule has 0 aliphatic heterocycles. The van der Waals surface area contributed by atoms with E-state index in [2.05, 4.69) is 15.5 Å². The lowest BCUT2D eigenvalue weighted by molar-refractivity contribution is 0.100. The van der Waals surface area contributed by atoms with Gasteiger partial charge in [0.25, 0.3) is 0 Å². The van der Waals surface area contributed by atoms with Crippen molar-refractivity contribution in [3.63, 3.8) is 0 Å². The quantitative estimate of drug-likeness (QED) is 0.737. The minimum atomic E-state index is -0.420. The van der Waals surface area contributed by atoms with Crippen molar-refractivity contribution in [3.05, 3.63) is 58.4 Å². The average Bonchev–Trinajstić information content (AvgIpc) is 3.17. The number of aromatic nitrogens is 2. The minimum Gasteiger partial charge on any atom is -0.366 e. The van der Waals surface area contributed by atoms with Crippen LogP contribution in [0.3, 0.4) is 0 Å². The Morgan fingerprint density at radius 3 is 2.65 bits per heavy atom. The number of hydrogen-bond donors (Lipinski definition) is 1. The van der Waals surface area contributed by atoms with E-state index in [-0.39, 0.29) is 0 Å². The van der Waals surface area contributed by atoms with Crippen molar-refractivity contribution in [1.29, 1.82) is 0 Å². The van der Waals surface area contributed by atoms with E-state index < -0.39 is 5.91 Å². The van der Waals surface area contributed by atoms with E-state index in [0.717, 1.165) is 39.2 Å². The summed E-state index contributed by atoms with van der Waals surface area (Å²) in [6, 6.07) is 9.13. The zero-order chi connectivity index (χ0) is 16.2. The third-order valence-corrected chi connectivity index (χ3v) is 5.08. The van der Waals surface area contributed by atoms with E-state index >= 15 is 0 Å². The predicted molar refractivity (Wildman–Crippen MR) is 92.3 cm³/mol. The van der Waals surface area contributed by atoms with E-state index in [1.165, 1.54) is 0 Å². The topological polar surface area (TPSA) is 82.0 Å². The molecule has 23 heavy (non-hydrogen) atoms. The molecule has 118 valence electrons. The van der Waals surface area contributed by atoms with Crippen molar-refractivity contribution in [2.75, 3.05) is 0 Å². The summed E-state index contributed by atoms with van der Waals surface area (Å²) in [5.41, 5.74) is 8.72. The number of aryl methyl sites for hydroxylation is 1. The first-order valence-electron chi connectivity index (χ1n) is 6.96. The first kappa shape index (κ1) is 15.8. The van der Waals surface area contributed by atoms with Gasteiger partial charge < -0.3 is 10.3 Å². The maximum atomic E-state index is 11.1. The Bertz CT molecular complexity index is 809. The highest BCUT2D eigenvalue weighted by atomic mass is 32.2. The molecular weight excluding hydrogens is 330 g/mol. The van der Waals surface area contributed by atoms with Gasteiger partial charge in [-0.1, -0.05) is 17.3 Å². The van der Waals surface area contributed by atoms with Crippen molar-refractivity contribution in [1.82, 2.24) is 10.1 Å². The van der Waals surface area contributed by atoms with Gasteiger partial charge in [-0.3, -0.25) is 4.79 Å². The number of nitrogens with two attached hydrogens (primary N) is 1. The number of carbonyl (C=O) groups is 1. The molecule has 3 rings (SSSR count). The number of nitrogens with zero attached hydrogens (tertiary/aromatic N) is 2. The maximum Gasteiger partial charge on any atom is 0.248 e. The number of carbonyl (C=O) groups excluding carboxylic acids is 1. The number of thiazole rings is 1. The second-order valence-electron chi connectivity index (χ2n) is 5.01. The lowest BCUT2D eigenvalue weighted by Crippen LogP contribution is -2.10. The Kier molecular flexibility index (Phi) is 4.78. The lowest BCUT2D eigenvalue weighted by Gasteiger charge is -1.98. The van der Waals surface area contributed by atoms with E-state index in [4.69, 9.17) is 10.3 Å². The smallest absolute Gasteiger partial charge is 0.248 e. The molecule has 0 bridgehead atoms. The summed E-state index contributed by atoms with van der Waals surface area (Å²) in [5.74, 6) is 2.03. The van der Waals surface area contributed by atoms with Gasteiger partial charge in [0, 0.05) is 34.1 Å². The number of hydrogen-bond acceptors (Lipinski definition) is 6. The van der Waals surface area contributed by atoms with Crippen LogP contribution >= 0.6 is 23.1 Å². The summed E-state index contributed by atoms with van der Waals surface area (Å²) in [4.78, 5) is 15.7. The highest BCUT2D eigenvalue weighted by Crippen LogP contribution is 2.26. The van der Waals surface area contributed by atoms with Crippen LogP contribution in [0.5, 0.6) is 0 Å². The van der Waals surface area contributed by atoms with Crippen LogP contribution in [0, 0.1) is 6.92 Å². The summed E-state index contributed by atoms with van der Waals surface area (Å²) in [7, 11) is 0. The molecule has 3 aromatic rings. The van der Waals surface area contributed by atoms with Crippen LogP contribution in [-0.2, 0) is 11.5 Å². The second kappa shape index (κ2) is 6.97. The first-order chi connectivity index (χ1) is 11.1. The van der Waals surface area contributed by atoms with Crippen LogP contribution in [0.4, 0.5) is 0 Å². The van der Waals surface area contributed by atoms with Gasteiger partial charge in [-0.2, -0.15) is 0 Å². The van der Waals surface area contributed by atoms with Gasteiger partial charge in [0.1, 0.15) is 10.8 Å². The van der Waals surface area contributed by atoms with Crippen LogP contribution in [0.1, 0.15) is 27.5 Å². The molecule has 0 fully saturated rings. The van der Waals surface area contributed by atoms with Gasteiger partial charge in [-0.05, 0) is 19.1 Å². The molecule has 2 N–H and O–H groups in total. The number of primary amides is 1. The van der Waals surface area contributed by atoms with Crippen LogP contribution in [-0.4, -0.2) is 16.0 Å². The molecule has 5 nitrogen and oxygen atoms in total. The molecule has 0 atom stereocenters. The molecule has 2 heterocycles. The van der Waals surface area contributed by atoms with E-state index in [0.29, 0.717) is 5.56 Å². The molecule has 0 spiro atoms. The number of rotatable bonds is 6. The number of amides is 1. The van der Waals surface area contributed by atoms with Gasteiger partial charge in [0.15, 0.2) is 0 Å². The summed E-state index contributed by atoms with van der Waals surface area (Å²) in [6.45, 7) is 1.89. The fourth-order valence-corrected chi connectivity index (χ4v) is 3.76. The molecule has 0 radical (unpaired) electrons. The van der Waals surface area contributed by atoms with Crippen molar-refractivity contribution < 1.29 is 9.32 Å². The fraction of sp³-hybridized carbons (Fsp3) is 0.188. The Balaban J connectivity index is 1.60.